The molecule has 0 saturated carbocycles. The van der Waals surface area contributed by atoms with Crippen LogP contribution in [-0.2, 0) is 0 Å². The van der Waals surface area contributed by atoms with Crippen LogP contribution in [0, 0.1) is 0 Å². The standard InChI is InChI=1S/C43H30ClN3Si/c44-31-15-14-16-32(29-31)46-42-26-13-11-24-39(42)45-43(46)47-40-25-12-10-23-37(40)38-30-36(27-28-41(38)47)48(33-17-4-1-5-18-33,34-19-6-2-7-20-34)35-21-8-3-9-22-35/h1-30H. The van der Waals surface area contributed by atoms with Crippen LogP contribution < -0.4 is 20.7 Å². The minimum absolute atomic E-state index is 0.687. The van der Waals surface area contributed by atoms with E-state index in [2.05, 4.69) is 167 Å². The quantitative estimate of drug-likeness (QED) is 0.131. The molecule has 0 bridgehead atoms. The summed E-state index contributed by atoms with van der Waals surface area (Å²) in [4.78, 5) is 5.27. The van der Waals surface area contributed by atoms with Crippen molar-refractivity contribution in [2.75, 3.05) is 0 Å². The first kappa shape index (κ1) is 28.5. The van der Waals surface area contributed by atoms with Gasteiger partial charge in [-0.1, -0.05) is 151 Å². The highest BCUT2D eigenvalue weighted by molar-refractivity contribution is 7.20. The minimum atomic E-state index is -2.72. The summed E-state index contributed by atoms with van der Waals surface area (Å²) in [6.07, 6.45) is 0. The van der Waals surface area contributed by atoms with Gasteiger partial charge in [-0.15, -0.1) is 0 Å². The molecule has 0 aliphatic rings. The fourth-order valence-corrected chi connectivity index (χ4v) is 12.5. The maximum atomic E-state index is 6.56. The Balaban J connectivity index is 1.39. The maximum Gasteiger partial charge on any atom is 0.220 e. The Labute approximate surface area is 285 Å². The summed E-state index contributed by atoms with van der Waals surface area (Å²) in [5.74, 6) is 0.829. The average molecular weight is 652 g/mol. The van der Waals surface area contributed by atoms with Crippen molar-refractivity contribution in [1.82, 2.24) is 14.1 Å². The molecule has 9 rings (SSSR count). The number of halogens is 1. The van der Waals surface area contributed by atoms with E-state index in [-0.39, 0.29) is 0 Å². The van der Waals surface area contributed by atoms with Gasteiger partial charge in [-0.25, -0.2) is 4.98 Å². The summed E-state index contributed by atoms with van der Waals surface area (Å²) in [6, 6.07) is 65.4. The molecule has 5 heteroatoms. The van der Waals surface area contributed by atoms with Gasteiger partial charge in [-0.3, -0.25) is 9.13 Å². The molecule has 0 atom stereocenters. The largest absolute Gasteiger partial charge is 0.279 e. The third-order valence-electron chi connectivity index (χ3n) is 9.54. The van der Waals surface area contributed by atoms with Gasteiger partial charge >= 0.3 is 0 Å². The van der Waals surface area contributed by atoms with E-state index < -0.39 is 8.07 Å². The Morgan fingerprint density at radius 1 is 0.417 bits per heavy atom. The zero-order chi connectivity index (χ0) is 32.1. The van der Waals surface area contributed by atoms with E-state index in [4.69, 9.17) is 16.6 Å². The monoisotopic (exact) mass is 651 g/mol. The van der Waals surface area contributed by atoms with Crippen LogP contribution in [0.3, 0.4) is 0 Å². The molecular formula is C43H30ClN3Si. The van der Waals surface area contributed by atoms with Crippen LogP contribution in [0.1, 0.15) is 0 Å². The van der Waals surface area contributed by atoms with E-state index in [1.165, 1.54) is 31.5 Å². The lowest BCUT2D eigenvalue weighted by atomic mass is 10.1. The smallest absolute Gasteiger partial charge is 0.220 e. The molecule has 3 nitrogen and oxygen atoms in total. The highest BCUT2D eigenvalue weighted by Crippen LogP contribution is 2.34. The third-order valence-corrected chi connectivity index (χ3v) is 14.5. The van der Waals surface area contributed by atoms with E-state index in [0.29, 0.717) is 5.02 Å². The lowest BCUT2D eigenvalue weighted by molar-refractivity contribution is 0.956. The van der Waals surface area contributed by atoms with Crippen LogP contribution >= 0.6 is 11.6 Å². The van der Waals surface area contributed by atoms with Gasteiger partial charge in [0.25, 0.3) is 0 Å². The van der Waals surface area contributed by atoms with Gasteiger partial charge in [-0.2, -0.15) is 0 Å². The van der Waals surface area contributed by atoms with Crippen LogP contribution in [0.2, 0.25) is 5.02 Å². The first-order valence-corrected chi connectivity index (χ1v) is 18.6. The van der Waals surface area contributed by atoms with Crippen LogP contribution in [0.25, 0.3) is 44.5 Å². The highest BCUT2D eigenvalue weighted by Gasteiger charge is 2.41. The van der Waals surface area contributed by atoms with Crippen molar-refractivity contribution in [3.63, 3.8) is 0 Å². The molecule has 7 aromatic carbocycles. The summed E-state index contributed by atoms with van der Waals surface area (Å²) in [7, 11) is -2.72. The van der Waals surface area contributed by atoms with Crippen LogP contribution in [-0.4, -0.2) is 22.2 Å². The molecule has 0 fully saturated rings. The Hall–Kier alpha value is -5.68. The van der Waals surface area contributed by atoms with E-state index in [0.717, 1.165) is 33.7 Å². The molecule has 0 amide bonds. The number of hydrogen-bond donors (Lipinski definition) is 0. The number of nitrogens with zero attached hydrogens (tertiary/aromatic N) is 3. The van der Waals surface area contributed by atoms with Gasteiger partial charge in [0.2, 0.25) is 5.95 Å². The van der Waals surface area contributed by atoms with Crippen molar-refractivity contribution >= 4 is 73.3 Å². The second-order valence-corrected chi connectivity index (χ2v) is 16.4. The molecule has 48 heavy (non-hydrogen) atoms. The molecule has 0 spiro atoms. The lowest BCUT2D eigenvalue weighted by Gasteiger charge is -2.34. The van der Waals surface area contributed by atoms with Crippen LogP contribution in [0.5, 0.6) is 0 Å². The predicted octanol–water partition coefficient (Wildman–Crippen LogP) is 8.15. The topological polar surface area (TPSA) is 22.8 Å². The molecule has 0 unspecified atom stereocenters. The molecular weight excluding hydrogens is 622 g/mol. The van der Waals surface area contributed by atoms with Crippen molar-refractivity contribution in [3.05, 3.63) is 187 Å². The summed E-state index contributed by atoms with van der Waals surface area (Å²) in [5.41, 5.74) is 5.14. The molecule has 228 valence electrons. The average Bonchev–Trinajstić information content (AvgIpc) is 3.69. The van der Waals surface area contributed by atoms with Crippen LogP contribution in [0.15, 0.2) is 182 Å². The van der Waals surface area contributed by atoms with Crippen LogP contribution in [0.4, 0.5) is 0 Å². The minimum Gasteiger partial charge on any atom is -0.279 e. The maximum absolute atomic E-state index is 6.56. The molecule has 0 aliphatic heterocycles. The van der Waals surface area contributed by atoms with E-state index in [1.54, 1.807) is 0 Å². The number of imidazole rings is 1. The van der Waals surface area contributed by atoms with E-state index >= 15 is 0 Å². The second kappa shape index (κ2) is 11.5. The molecule has 2 aromatic heterocycles. The summed E-state index contributed by atoms with van der Waals surface area (Å²) >= 11 is 6.56. The molecule has 0 radical (unpaired) electrons. The van der Waals surface area contributed by atoms with Gasteiger partial charge in [0.05, 0.1) is 27.8 Å². The molecule has 9 aromatic rings. The van der Waals surface area contributed by atoms with Gasteiger partial charge < -0.3 is 0 Å². The Morgan fingerprint density at radius 3 is 1.62 bits per heavy atom. The molecule has 2 heterocycles. The highest BCUT2D eigenvalue weighted by atomic mass is 35.5. The van der Waals surface area contributed by atoms with Gasteiger partial charge in [0, 0.05) is 15.8 Å². The Kier molecular flexibility index (Phi) is 6.85. The van der Waals surface area contributed by atoms with Gasteiger partial charge in [-0.05, 0) is 63.2 Å². The van der Waals surface area contributed by atoms with Crippen molar-refractivity contribution in [1.29, 1.82) is 0 Å². The Bertz CT molecular complexity index is 2480. The number of rotatable bonds is 6. The molecule has 0 N–H and O–H groups in total. The van der Waals surface area contributed by atoms with Crippen molar-refractivity contribution in [3.8, 4) is 11.6 Å². The molecule has 0 aliphatic carbocycles. The summed E-state index contributed by atoms with van der Waals surface area (Å²) in [6.45, 7) is 0. The van der Waals surface area contributed by atoms with Gasteiger partial charge in [0.1, 0.15) is 0 Å². The van der Waals surface area contributed by atoms with Crippen molar-refractivity contribution in [2.24, 2.45) is 0 Å². The summed E-state index contributed by atoms with van der Waals surface area (Å²) in [5, 5.41) is 8.48. The first-order valence-electron chi connectivity index (χ1n) is 16.2. The van der Waals surface area contributed by atoms with E-state index in [9.17, 15) is 0 Å². The fourth-order valence-electron chi connectivity index (χ4n) is 7.52. The predicted molar refractivity (Wildman–Crippen MR) is 204 cm³/mol. The van der Waals surface area contributed by atoms with Crippen molar-refractivity contribution < 1.29 is 0 Å². The lowest BCUT2D eigenvalue weighted by Crippen LogP contribution is -2.74. The third kappa shape index (κ3) is 4.38. The first-order chi connectivity index (χ1) is 23.7. The SMILES string of the molecule is Clc1cccc(-n2c(-n3c4ccccc4c4cc([Si](c5ccccc5)(c5ccccc5)c5ccccc5)ccc43)nc3ccccc32)c1. The van der Waals surface area contributed by atoms with E-state index in [1.807, 2.05) is 24.3 Å². The number of benzene rings is 7. The zero-order valence-corrected chi connectivity index (χ0v) is 27.8. The normalized spacial score (nSPS) is 11.9. The molecule has 0 saturated heterocycles. The number of fused-ring (bicyclic) bond motifs is 4. The number of para-hydroxylation sites is 3. The zero-order valence-electron chi connectivity index (χ0n) is 26.0. The second-order valence-electron chi connectivity index (χ2n) is 12.1. The number of hydrogen-bond acceptors (Lipinski definition) is 1. The van der Waals surface area contributed by atoms with Crippen molar-refractivity contribution in [2.45, 2.75) is 0 Å². The van der Waals surface area contributed by atoms with Gasteiger partial charge in [0.15, 0.2) is 8.07 Å². The number of aromatic nitrogens is 3. The Morgan fingerprint density at radius 2 is 0.979 bits per heavy atom. The fraction of sp³-hybridized carbons (Fsp3) is 0. The summed E-state index contributed by atoms with van der Waals surface area (Å²) < 4.78 is 4.53.